The van der Waals surface area contributed by atoms with Gasteiger partial charge in [0, 0.05) is 4.47 Å². The molecule has 0 fully saturated rings. The van der Waals surface area contributed by atoms with Gasteiger partial charge in [0.15, 0.2) is 0 Å². The molecule has 26 heavy (non-hydrogen) atoms. The maximum atomic E-state index is 12.5. The second-order valence-corrected chi connectivity index (χ2v) is 8.37. The van der Waals surface area contributed by atoms with Crippen LogP contribution in [0.15, 0.2) is 27.6 Å². The number of unbranched alkanes of at least 4 members (excludes halogenated alkanes) is 1. The average Bonchev–Trinajstić information content (AvgIpc) is 2.62. The molecule has 0 aliphatic rings. The Morgan fingerprint density at radius 1 is 1.27 bits per heavy atom. The van der Waals surface area contributed by atoms with E-state index in [1.165, 1.54) is 13.2 Å². The minimum Gasteiger partial charge on any atom is -0.467 e. The summed E-state index contributed by atoms with van der Waals surface area (Å²) >= 11 is 3.31. The van der Waals surface area contributed by atoms with Gasteiger partial charge >= 0.3 is 5.97 Å². The molecule has 0 spiro atoms. The molecular formula is C17H25BrN2O5S. The van der Waals surface area contributed by atoms with Crippen LogP contribution < -0.4 is 10.0 Å². The van der Waals surface area contributed by atoms with Crippen LogP contribution in [0.25, 0.3) is 0 Å². The fourth-order valence-electron chi connectivity index (χ4n) is 2.37. The van der Waals surface area contributed by atoms with Crippen molar-refractivity contribution in [2.75, 3.05) is 13.7 Å². The minimum absolute atomic E-state index is 0.131. The van der Waals surface area contributed by atoms with Gasteiger partial charge in [0.25, 0.3) is 0 Å². The van der Waals surface area contributed by atoms with Gasteiger partial charge in [-0.25, -0.2) is 17.9 Å². The SMILES string of the molecule is CCCCC(NC(=O)CNS(=O)(=O)c1ccc(Br)cc1CC)C(=O)OC. The number of halogens is 1. The fraction of sp³-hybridized carbons (Fsp3) is 0.529. The molecule has 9 heteroatoms. The molecule has 0 bridgehead atoms. The molecule has 0 aliphatic heterocycles. The van der Waals surface area contributed by atoms with Crippen molar-refractivity contribution in [3.8, 4) is 0 Å². The predicted octanol–water partition coefficient (Wildman–Crippen LogP) is 2.14. The van der Waals surface area contributed by atoms with Crippen molar-refractivity contribution in [2.24, 2.45) is 0 Å². The van der Waals surface area contributed by atoms with Crippen LogP contribution in [-0.2, 0) is 30.8 Å². The number of hydrogen-bond donors (Lipinski definition) is 2. The normalized spacial score (nSPS) is 12.5. The first-order valence-electron chi connectivity index (χ1n) is 8.40. The number of nitrogens with one attached hydrogen (secondary N) is 2. The first-order valence-corrected chi connectivity index (χ1v) is 10.7. The van der Waals surface area contributed by atoms with E-state index in [-0.39, 0.29) is 4.90 Å². The zero-order valence-corrected chi connectivity index (χ0v) is 17.6. The highest BCUT2D eigenvalue weighted by Crippen LogP contribution is 2.21. The van der Waals surface area contributed by atoms with E-state index in [9.17, 15) is 18.0 Å². The fourth-order valence-corrected chi connectivity index (χ4v) is 4.05. The molecule has 146 valence electrons. The van der Waals surface area contributed by atoms with Crippen molar-refractivity contribution in [3.05, 3.63) is 28.2 Å². The third-order valence-electron chi connectivity index (χ3n) is 3.78. The van der Waals surface area contributed by atoms with Crippen LogP contribution in [0.4, 0.5) is 0 Å². The molecule has 0 aromatic heterocycles. The van der Waals surface area contributed by atoms with E-state index < -0.39 is 34.5 Å². The van der Waals surface area contributed by atoms with Crippen LogP contribution in [-0.4, -0.2) is 40.0 Å². The summed E-state index contributed by atoms with van der Waals surface area (Å²) in [6.45, 7) is 3.36. The standard InChI is InChI=1S/C17H25BrN2O5S/c1-4-6-7-14(17(22)25-3)20-16(21)11-19-26(23,24)15-9-8-13(18)10-12(15)5-2/h8-10,14,19H,4-7,11H2,1-3H3,(H,20,21). The molecule has 1 amide bonds. The largest absolute Gasteiger partial charge is 0.467 e. The van der Waals surface area contributed by atoms with Crippen LogP contribution in [0.2, 0.25) is 0 Å². The Bertz CT molecular complexity index is 737. The summed E-state index contributed by atoms with van der Waals surface area (Å²) in [5.41, 5.74) is 0.641. The Labute approximate surface area is 163 Å². The molecule has 2 N–H and O–H groups in total. The van der Waals surface area contributed by atoms with E-state index in [1.807, 2.05) is 13.8 Å². The van der Waals surface area contributed by atoms with Crippen molar-refractivity contribution in [1.82, 2.24) is 10.0 Å². The molecule has 1 aromatic rings. The number of rotatable bonds is 10. The van der Waals surface area contributed by atoms with Crippen LogP contribution >= 0.6 is 15.9 Å². The van der Waals surface area contributed by atoms with Gasteiger partial charge < -0.3 is 10.1 Å². The summed E-state index contributed by atoms with van der Waals surface area (Å²) in [6, 6.07) is 4.07. The van der Waals surface area contributed by atoms with Crippen LogP contribution in [0.5, 0.6) is 0 Å². The Balaban J connectivity index is 2.77. The van der Waals surface area contributed by atoms with Gasteiger partial charge in [0.2, 0.25) is 15.9 Å². The monoisotopic (exact) mass is 448 g/mol. The van der Waals surface area contributed by atoms with E-state index >= 15 is 0 Å². The van der Waals surface area contributed by atoms with Crippen LogP contribution in [0.1, 0.15) is 38.7 Å². The summed E-state index contributed by atoms with van der Waals surface area (Å²) in [5, 5.41) is 2.52. The molecule has 0 saturated carbocycles. The van der Waals surface area contributed by atoms with Gasteiger partial charge in [-0.1, -0.05) is 42.6 Å². The number of amides is 1. The number of hydrogen-bond acceptors (Lipinski definition) is 5. The maximum absolute atomic E-state index is 12.5. The molecule has 1 rings (SSSR count). The quantitative estimate of drug-likeness (QED) is 0.533. The van der Waals surface area contributed by atoms with E-state index in [1.54, 1.807) is 12.1 Å². The van der Waals surface area contributed by atoms with Gasteiger partial charge in [0.1, 0.15) is 6.04 Å². The summed E-state index contributed by atoms with van der Waals surface area (Å²) in [6.07, 6.45) is 2.57. The first kappa shape index (κ1) is 22.6. The molecular weight excluding hydrogens is 424 g/mol. The number of aryl methyl sites for hydroxylation is 1. The lowest BCUT2D eigenvalue weighted by Crippen LogP contribution is -2.46. The lowest BCUT2D eigenvalue weighted by atomic mass is 10.1. The number of esters is 1. The molecule has 0 radical (unpaired) electrons. The highest BCUT2D eigenvalue weighted by Gasteiger charge is 2.23. The van der Waals surface area contributed by atoms with E-state index in [2.05, 4.69) is 30.7 Å². The smallest absolute Gasteiger partial charge is 0.328 e. The van der Waals surface area contributed by atoms with Gasteiger partial charge in [0.05, 0.1) is 18.6 Å². The lowest BCUT2D eigenvalue weighted by Gasteiger charge is -2.16. The van der Waals surface area contributed by atoms with Crippen molar-refractivity contribution in [1.29, 1.82) is 0 Å². The van der Waals surface area contributed by atoms with Crippen molar-refractivity contribution in [2.45, 2.75) is 50.5 Å². The average molecular weight is 449 g/mol. The lowest BCUT2D eigenvalue weighted by molar-refractivity contribution is -0.145. The third kappa shape index (κ3) is 6.69. The third-order valence-corrected chi connectivity index (χ3v) is 5.78. The van der Waals surface area contributed by atoms with Crippen LogP contribution in [0, 0.1) is 0 Å². The number of benzene rings is 1. The summed E-state index contributed by atoms with van der Waals surface area (Å²) < 4.78 is 32.7. The number of carbonyl (C=O) groups is 2. The predicted molar refractivity (Wildman–Crippen MR) is 102 cm³/mol. The molecule has 0 saturated heterocycles. The molecule has 1 aromatic carbocycles. The topological polar surface area (TPSA) is 102 Å². The molecule has 0 heterocycles. The number of sulfonamides is 1. The number of methoxy groups -OCH3 is 1. The van der Waals surface area contributed by atoms with Crippen molar-refractivity contribution < 1.29 is 22.7 Å². The summed E-state index contributed by atoms with van der Waals surface area (Å²) in [4.78, 5) is 23.9. The van der Waals surface area contributed by atoms with E-state index in [0.29, 0.717) is 18.4 Å². The van der Waals surface area contributed by atoms with E-state index in [4.69, 9.17) is 0 Å². The zero-order chi connectivity index (χ0) is 19.7. The Morgan fingerprint density at radius 2 is 1.96 bits per heavy atom. The second-order valence-electron chi connectivity index (χ2n) is 5.72. The second kappa shape index (κ2) is 10.6. The van der Waals surface area contributed by atoms with Crippen molar-refractivity contribution in [3.63, 3.8) is 0 Å². The van der Waals surface area contributed by atoms with Crippen LogP contribution in [0.3, 0.4) is 0 Å². The number of carbonyl (C=O) groups excluding carboxylic acids is 2. The van der Waals surface area contributed by atoms with E-state index in [0.717, 1.165) is 17.3 Å². The highest BCUT2D eigenvalue weighted by molar-refractivity contribution is 9.10. The Hall–Kier alpha value is -1.45. The van der Waals surface area contributed by atoms with Crippen molar-refractivity contribution >= 4 is 37.8 Å². The maximum Gasteiger partial charge on any atom is 0.328 e. The minimum atomic E-state index is -3.84. The molecule has 7 nitrogen and oxygen atoms in total. The Kier molecular flexibility index (Phi) is 9.24. The van der Waals surface area contributed by atoms with Gasteiger partial charge in [-0.15, -0.1) is 0 Å². The Morgan fingerprint density at radius 3 is 2.54 bits per heavy atom. The molecule has 1 atom stereocenters. The summed E-state index contributed by atoms with van der Waals surface area (Å²) in [5.74, 6) is -1.13. The van der Waals surface area contributed by atoms with Gasteiger partial charge in [-0.2, -0.15) is 0 Å². The first-order chi connectivity index (χ1) is 12.2. The number of ether oxygens (including phenoxy) is 1. The molecule has 1 unspecified atom stereocenters. The highest BCUT2D eigenvalue weighted by atomic mass is 79.9. The molecule has 0 aliphatic carbocycles. The summed E-state index contributed by atoms with van der Waals surface area (Å²) in [7, 11) is -2.60. The van der Waals surface area contributed by atoms with Gasteiger partial charge in [-0.05, 0) is 36.6 Å². The van der Waals surface area contributed by atoms with Gasteiger partial charge in [-0.3, -0.25) is 4.79 Å². The zero-order valence-electron chi connectivity index (χ0n) is 15.2.